The Hall–Kier alpha value is -2.77. The third kappa shape index (κ3) is 4.46. The van der Waals surface area contributed by atoms with Crippen LogP contribution in [-0.2, 0) is 6.42 Å². The molecule has 7 heteroatoms. The molecule has 3 rings (SSSR count). The fraction of sp³-hybridized carbons (Fsp3) is 0.409. The van der Waals surface area contributed by atoms with Gasteiger partial charge in [-0.15, -0.1) is 0 Å². The van der Waals surface area contributed by atoms with Gasteiger partial charge in [0.05, 0.1) is 34.0 Å². The highest BCUT2D eigenvalue weighted by Crippen LogP contribution is 2.38. The highest BCUT2D eigenvalue weighted by Gasteiger charge is 2.27. The second-order valence-corrected chi connectivity index (χ2v) is 6.85. The van der Waals surface area contributed by atoms with Crippen LogP contribution in [0.4, 0.5) is 0 Å². The van der Waals surface area contributed by atoms with Crippen LogP contribution in [0.25, 0.3) is 0 Å². The van der Waals surface area contributed by atoms with E-state index < -0.39 is 0 Å². The summed E-state index contributed by atoms with van der Waals surface area (Å²) in [6, 6.07) is 11.5. The predicted molar refractivity (Wildman–Crippen MR) is 110 cm³/mol. The lowest BCUT2D eigenvalue weighted by molar-refractivity contribution is 0.0917. The standard InChI is InChI=1S/C22H28N2O5/c1-27-19-12-16(13-20(28-2)21(19)29-3)22(26)23-14-18-17-7-5-4-6-15(17)8-9-24(18)10-11-25/h4-7,12-13,18,25H,8-11,14H2,1-3H3,(H,23,26). The number of aliphatic hydroxyl groups excluding tert-OH is 1. The van der Waals surface area contributed by atoms with Gasteiger partial charge in [-0.05, 0) is 29.7 Å². The molecule has 2 aromatic rings. The van der Waals surface area contributed by atoms with Crippen molar-refractivity contribution >= 4 is 5.91 Å². The molecular weight excluding hydrogens is 372 g/mol. The van der Waals surface area contributed by atoms with Crippen LogP contribution in [0.5, 0.6) is 17.2 Å². The first kappa shape index (κ1) is 21.0. The lowest BCUT2D eigenvalue weighted by atomic mass is 9.92. The SMILES string of the molecule is COc1cc(C(=O)NCC2c3ccccc3CCN2CCO)cc(OC)c1OC. The molecule has 29 heavy (non-hydrogen) atoms. The van der Waals surface area contributed by atoms with E-state index in [1.807, 2.05) is 12.1 Å². The zero-order valence-corrected chi connectivity index (χ0v) is 17.1. The molecule has 1 amide bonds. The molecular formula is C22H28N2O5. The Balaban J connectivity index is 1.80. The summed E-state index contributed by atoms with van der Waals surface area (Å²) in [6.45, 7) is 1.94. The van der Waals surface area contributed by atoms with Crippen molar-refractivity contribution in [2.45, 2.75) is 12.5 Å². The van der Waals surface area contributed by atoms with Gasteiger partial charge in [0.1, 0.15) is 0 Å². The van der Waals surface area contributed by atoms with E-state index >= 15 is 0 Å². The number of rotatable bonds is 8. The van der Waals surface area contributed by atoms with Gasteiger partial charge in [-0.1, -0.05) is 24.3 Å². The number of carbonyl (C=O) groups is 1. The van der Waals surface area contributed by atoms with Gasteiger partial charge in [0, 0.05) is 25.2 Å². The number of methoxy groups -OCH3 is 3. The van der Waals surface area contributed by atoms with E-state index in [-0.39, 0.29) is 18.6 Å². The molecule has 0 saturated carbocycles. The van der Waals surface area contributed by atoms with E-state index in [1.165, 1.54) is 32.5 Å². The maximum Gasteiger partial charge on any atom is 0.251 e. The van der Waals surface area contributed by atoms with Crippen molar-refractivity contribution in [1.29, 1.82) is 0 Å². The number of aliphatic hydroxyl groups is 1. The van der Waals surface area contributed by atoms with Gasteiger partial charge >= 0.3 is 0 Å². The molecule has 156 valence electrons. The van der Waals surface area contributed by atoms with Crippen LogP contribution < -0.4 is 19.5 Å². The molecule has 1 atom stereocenters. The van der Waals surface area contributed by atoms with Crippen LogP contribution in [0.15, 0.2) is 36.4 Å². The van der Waals surface area contributed by atoms with Crippen molar-refractivity contribution in [3.8, 4) is 17.2 Å². The Morgan fingerprint density at radius 3 is 2.45 bits per heavy atom. The van der Waals surface area contributed by atoms with Crippen molar-refractivity contribution in [1.82, 2.24) is 10.2 Å². The maximum absolute atomic E-state index is 12.9. The van der Waals surface area contributed by atoms with Crippen LogP contribution >= 0.6 is 0 Å². The normalized spacial score (nSPS) is 16.1. The first-order valence-electron chi connectivity index (χ1n) is 9.63. The van der Waals surface area contributed by atoms with Crippen LogP contribution in [0.2, 0.25) is 0 Å². The number of amides is 1. The number of nitrogens with one attached hydrogen (secondary N) is 1. The number of fused-ring (bicyclic) bond motifs is 1. The largest absolute Gasteiger partial charge is 0.493 e. The second kappa shape index (κ2) is 9.62. The topological polar surface area (TPSA) is 80.3 Å². The second-order valence-electron chi connectivity index (χ2n) is 6.85. The highest BCUT2D eigenvalue weighted by molar-refractivity contribution is 5.95. The minimum absolute atomic E-state index is 0.0121. The molecule has 0 spiro atoms. The molecule has 1 aliphatic rings. The van der Waals surface area contributed by atoms with Crippen LogP contribution in [0, 0.1) is 0 Å². The van der Waals surface area contributed by atoms with Crippen molar-refractivity contribution in [2.75, 3.05) is 47.6 Å². The zero-order valence-electron chi connectivity index (χ0n) is 17.1. The Kier molecular flexibility index (Phi) is 6.95. The summed E-state index contributed by atoms with van der Waals surface area (Å²) in [5, 5.41) is 12.5. The summed E-state index contributed by atoms with van der Waals surface area (Å²) in [5.74, 6) is 1.09. The van der Waals surface area contributed by atoms with E-state index in [1.54, 1.807) is 12.1 Å². The molecule has 7 nitrogen and oxygen atoms in total. The smallest absolute Gasteiger partial charge is 0.251 e. The fourth-order valence-electron chi connectivity index (χ4n) is 3.84. The minimum Gasteiger partial charge on any atom is -0.493 e. The van der Waals surface area contributed by atoms with Crippen molar-refractivity contribution in [3.63, 3.8) is 0 Å². The summed E-state index contributed by atoms with van der Waals surface area (Å²) in [4.78, 5) is 15.1. The van der Waals surface area contributed by atoms with Gasteiger partial charge in [-0.25, -0.2) is 0 Å². The highest BCUT2D eigenvalue weighted by atomic mass is 16.5. The average molecular weight is 400 g/mol. The van der Waals surface area contributed by atoms with E-state index in [4.69, 9.17) is 14.2 Å². The van der Waals surface area contributed by atoms with Gasteiger partial charge in [0.15, 0.2) is 11.5 Å². The molecule has 0 fully saturated rings. The number of ether oxygens (including phenoxy) is 3. The summed E-state index contributed by atoms with van der Waals surface area (Å²) in [5.41, 5.74) is 2.91. The first-order valence-corrected chi connectivity index (χ1v) is 9.63. The van der Waals surface area contributed by atoms with E-state index in [0.717, 1.165) is 13.0 Å². The number of nitrogens with zero attached hydrogens (tertiary/aromatic N) is 1. The molecule has 0 radical (unpaired) electrons. The molecule has 0 aromatic heterocycles. The number of hydrogen-bond acceptors (Lipinski definition) is 6. The molecule has 0 aliphatic carbocycles. The summed E-state index contributed by atoms with van der Waals surface area (Å²) in [6.07, 6.45) is 0.938. The van der Waals surface area contributed by atoms with Gasteiger partial charge in [-0.3, -0.25) is 9.69 Å². The number of β-amino-alcohol motifs (C(OH)–C–C–N with tert-alkyl or cyclic N) is 1. The maximum atomic E-state index is 12.9. The molecule has 2 N–H and O–H groups in total. The zero-order chi connectivity index (χ0) is 20.8. The van der Waals surface area contributed by atoms with E-state index in [0.29, 0.717) is 35.9 Å². The van der Waals surface area contributed by atoms with Crippen molar-refractivity contribution < 1.29 is 24.1 Å². The quantitative estimate of drug-likeness (QED) is 0.706. The molecule has 1 unspecified atom stereocenters. The van der Waals surface area contributed by atoms with Crippen LogP contribution in [0.1, 0.15) is 27.5 Å². The lowest BCUT2D eigenvalue weighted by Gasteiger charge is -2.37. The van der Waals surface area contributed by atoms with Gasteiger partial charge in [0.2, 0.25) is 5.75 Å². The third-order valence-electron chi connectivity index (χ3n) is 5.29. The Labute approximate surface area is 171 Å². The fourth-order valence-corrected chi connectivity index (χ4v) is 3.84. The average Bonchev–Trinajstić information content (AvgIpc) is 2.76. The van der Waals surface area contributed by atoms with E-state index in [9.17, 15) is 9.90 Å². The lowest BCUT2D eigenvalue weighted by Crippen LogP contribution is -2.43. The van der Waals surface area contributed by atoms with E-state index in [2.05, 4.69) is 22.3 Å². The predicted octanol–water partition coefficient (Wildman–Crippen LogP) is 2.03. The summed E-state index contributed by atoms with van der Waals surface area (Å²) < 4.78 is 16.0. The Morgan fingerprint density at radius 2 is 1.83 bits per heavy atom. The molecule has 2 aromatic carbocycles. The third-order valence-corrected chi connectivity index (χ3v) is 5.29. The van der Waals surface area contributed by atoms with Gasteiger partial charge in [-0.2, -0.15) is 0 Å². The minimum atomic E-state index is -0.226. The summed E-state index contributed by atoms with van der Waals surface area (Å²) in [7, 11) is 4.56. The number of benzene rings is 2. The molecule has 1 aliphatic heterocycles. The summed E-state index contributed by atoms with van der Waals surface area (Å²) >= 11 is 0. The Morgan fingerprint density at radius 1 is 1.14 bits per heavy atom. The van der Waals surface area contributed by atoms with Crippen molar-refractivity contribution in [3.05, 3.63) is 53.1 Å². The van der Waals surface area contributed by atoms with Crippen molar-refractivity contribution in [2.24, 2.45) is 0 Å². The van der Waals surface area contributed by atoms with Crippen LogP contribution in [-0.4, -0.2) is 63.5 Å². The molecule has 1 heterocycles. The van der Waals surface area contributed by atoms with Gasteiger partial charge in [0.25, 0.3) is 5.91 Å². The van der Waals surface area contributed by atoms with Gasteiger partial charge < -0.3 is 24.6 Å². The molecule has 0 saturated heterocycles. The number of hydrogen-bond donors (Lipinski definition) is 2. The monoisotopic (exact) mass is 400 g/mol. The Bertz CT molecular complexity index is 830. The number of carbonyl (C=O) groups excluding carboxylic acids is 1. The van der Waals surface area contributed by atoms with Crippen LogP contribution in [0.3, 0.4) is 0 Å². The molecule has 0 bridgehead atoms. The first-order chi connectivity index (χ1) is 14.1.